The molecule has 0 heterocycles. The molecule has 0 aliphatic carbocycles. The van der Waals surface area contributed by atoms with Crippen LogP contribution in [0.2, 0.25) is 0 Å². The summed E-state index contributed by atoms with van der Waals surface area (Å²) in [6, 6.07) is 0. The second-order valence-electron chi connectivity index (χ2n) is 3.07. The van der Waals surface area contributed by atoms with Crippen molar-refractivity contribution < 1.29 is 45.2 Å². The lowest BCUT2D eigenvalue weighted by molar-refractivity contribution is -0.311. The molecule has 0 fully saturated rings. The normalized spacial score (nSPS) is 17.9. The van der Waals surface area contributed by atoms with E-state index in [-0.39, 0.29) is 0 Å². The summed E-state index contributed by atoms with van der Waals surface area (Å²) in [4.78, 5) is 16.5. The van der Waals surface area contributed by atoms with Gasteiger partial charge < -0.3 is 9.79 Å². The third-order valence-electron chi connectivity index (χ3n) is 1.73. The fourth-order valence-corrected chi connectivity index (χ4v) is 1.51. The van der Waals surface area contributed by atoms with Crippen LogP contribution in [0.15, 0.2) is 0 Å². The largest absolute Gasteiger partial charge is 0.469 e. The molecule has 0 aromatic rings. The second-order valence-corrected chi connectivity index (χ2v) is 4.26. The molecule has 0 amide bonds. The Hall–Kier alpha value is -0.310. The molecule has 0 bridgehead atoms. The molecule has 0 aliphatic rings. The molecule has 0 saturated carbocycles. The highest BCUT2D eigenvalue weighted by atomic mass is 31.2. The molecule has 104 valence electrons. The minimum Gasteiger partial charge on any atom is -0.303 e. The van der Waals surface area contributed by atoms with Crippen LogP contribution in [0.5, 0.6) is 0 Å². The van der Waals surface area contributed by atoms with Gasteiger partial charge in [-0.1, -0.05) is 6.92 Å². The van der Waals surface area contributed by atoms with Crippen molar-refractivity contribution >= 4 is 7.82 Å². The van der Waals surface area contributed by atoms with E-state index < -0.39 is 38.6 Å². The van der Waals surface area contributed by atoms with Gasteiger partial charge in [0.2, 0.25) is 0 Å². The molecule has 2 unspecified atom stereocenters. The van der Waals surface area contributed by atoms with E-state index in [0.29, 0.717) is 0 Å². The Balaban J connectivity index is 5.00. The van der Waals surface area contributed by atoms with E-state index >= 15 is 0 Å². The van der Waals surface area contributed by atoms with Gasteiger partial charge >= 0.3 is 19.9 Å². The maximum absolute atomic E-state index is 12.9. The first kappa shape index (κ1) is 16.7. The molecule has 2 atom stereocenters. The number of hydrogen-bond acceptors (Lipinski definition) is 2. The van der Waals surface area contributed by atoms with Gasteiger partial charge in [-0.2, -0.15) is 22.0 Å². The second kappa shape index (κ2) is 5.13. The summed E-state index contributed by atoms with van der Waals surface area (Å²) in [6.45, 7) is 0.944. The van der Waals surface area contributed by atoms with Crippen LogP contribution in [0.25, 0.3) is 0 Å². The summed E-state index contributed by atoms with van der Waals surface area (Å²) in [6.07, 6.45) is -13.4. The van der Waals surface area contributed by atoms with Crippen LogP contribution in [0.4, 0.5) is 26.3 Å². The van der Waals surface area contributed by atoms with Gasteiger partial charge in [0.25, 0.3) is 0 Å². The molecular weight excluding hydrogens is 281 g/mol. The van der Waals surface area contributed by atoms with Crippen LogP contribution in [0.1, 0.15) is 13.3 Å². The molecular formula is C6H9F6O4P. The zero-order valence-electron chi connectivity index (χ0n) is 8.29. The predicted octanol–water partition coefficient (Wildman–Crippen LogP) is 2.41. The first-order chi connectivity index (χ1) is 7.33. The molecule has 0 rings (SSSR count). The third kappa shape index (κ3) is 4.46. The first-order valence-electron chi connectivity index (χ1n) is 4.15. The van der Waals surface area contributed by atoms with Crippen LogP contribution in [-0.4, -0.2) is 34.2 Å². The number of alkyl halides is 6. The molecule has 11 heteroatoms. The van der Waals surface area contributed by atoms with E-state index in [1.165, 1.54) is 0 Å². The summed E-state index contributed by atoms with van der Waals surface area (Å²) in [5.74, 6) is -5.75. The van der Waals surface area contributed by atoms with E-state index in [9.17, 15) is 30.9 Å². The van der Waals surface area contributed by atoms with E-state index in [1.807, 2.05) is 0 Å². The summed E-state index contributed by atoms with van der Waals surface area (Å²) in [5.41, 5.74) is 0. The van der Waals surface area contributed by atoms with Crippen LogP contribution in [0, 0.1) is 0 Å². The highest BCUT2D eigenvalue weighted by Crippen LogP contribution is 2.45. The highest BCUT2D eigenvalue weighted by Gasteiger charge is 2.65. The van der Waals surface area contributed by atoms with Gasteiger partial charge in [-0.25, -0.2) is 8.96 Å². The van der Waals surface area contributed by atoms with Crippen LogP contribution in [0.3, 0.4) is 0 Å². The fraction of sp³-hybridized carbons (Fsp3) is 1.00. The van der Waals surface area contributed by atoms with Gasteiger partial charge in [0.05, 0.1) is 0 Å². The highest BCUT2D eigenvalue weighted by molar-refractivity contribution is 7.46. The molecule has 17 heavy (non-hydrogen) atoms. The minimum absolute atomic E-state index is 0.766. The summed E-state index contributed by atoms with van der Waals surface area (Å²) >= 11 is 0. The van der Waals surface area contributed by atoms with Gasteiger partial charge in [0, 0.05) is 0 Å². The molecule has 4 nitrogen and oxygen atoms in total. The minimum atomic E-state index is -6.17. The predicted molar refractivity (Wildman–Crippen MR) is 43.1 cm³/mol. The summed E-state index contributed by atoms with van der Waals surface area (Å²) < 4.78 is 87.1. The van der Waals surface area contributed by atoms with Gasteiger partial charge in [-0.3, -0.25) is 4.52 Å². The Morgan fingerprint density at radius 2 is 1.65 bits per heavy atom. The molecule has 0 radical (unpaired) electrons. The summed E-state index contributed by atoms with van der Waals surface area (Å²) in [7, 11) is -5.35. The molecule has 0 aromatic carbocycles. The fourth-order valence-electron chi connectivity index (χ4n) is 0.901. The quantitative estimate of drug-likeness (QED) is 0.602. The van der Waals surface area contributed by atoms with Gasteiger partial charge in [-0.15, -0.1) is 0 Å². The number of phosphoric ester groups is 1. The van der Waals surface area contributed by atoms with Crippen molar-refractivity contribution in [2.75, 3.05) is 0 Å². The molecule has 0 aromatic heterocycles. The Kier molecular flexibility index (Phi) is 5.04. The van der Waals surface area contributed by atoms with Crippen molar-refractivity contribution in [1.29, 1.82) is 0 Å². The third-order valence-corrected chi connectivity index (χ3v) is 2.27. The Labute approximate surface area is 91.8 Å². The molecule has 0 saturated heterocycles. The lowest BCUT2D eigenvalue weighted by atomic mass is 10.1. The average molecular weight is 290 g/mol. The van der Waals surface area contributed by atoms with Gasteiger partial charge in [-0.05, 0) is 6.42 Å². The zero-order valence-corrected chi connectivity index (χ0v) is 9.18. The number of hydrogen-bond donors (Lipinski definition) is 2. The van der Waals surface area contributed by atoms with Crippen LogP contribution >= 0.6 is 7.82 Å². The van der Waals surface area contributed by atoms with E-state index in [1.54, 1.807) is 0 Å². The summed E-state index contributed by atoms with van der Waals surface area (Å²) in [5, 5.41) is 0. The van der Waals surface area contributed by atoms with E-state index in [0.717, 1.165) is 6.92 Å². The van der Waals surface area contributed by atoms with Crippen molar-refractivity contribution in [3.63, 3.8) is 0 Å². The Morgan fingerprint density at radius 3 is 1.88 bits per heavy atom. The number of halogens is 6. The average Bonchev–Trinajstić information content (AvgIpc) is 2.09. The monoisotopic (exact) mass is 290 g/mol. The molecule has 0 aliphatic heterocycles. The van der Waals surface area contributed by atoms with Crippen LogP contribution < -0.4 is 0 Å². The van der Waals surface area contributed by atoms with Crippen molar-refractivity contribution in [2.45, 2.75) is 37.7 Å². The van der Waals surface area contributed by atoms with Gasteiger partial charge in [0.15, 0.2) is 6.17 Å². The Morgan fingerprint density at radius 1 is 1.24 bits per heavy atom. The SMILES string of the molecule is CCC(OP(=O)(O)O)C(F)C(F)(F)C(F)(F)F. The first-order valence-corrected chi connectivity index (χ1v) is 5.68. The lowest BCUT2D eigenvalue weighted by Gasteiger charge is -2.28. The van der Waals surface area contributed by atoms with Crippen molar-refractivity contribution in [2.24, 2.45) is 0 Å². The number of rotatable bonds is 5. The van der Waals surface area contributed by atoms with E-state index in [4.69, 9.17) is 9.79 Å². The zero-order chi connectivity index (χ0) is 14.1. The lowest BCUT2D eigenvalue weighted by Crippen LogP contribution is -2.50. The topological polar surface area (TPSA) is 66.8 Å². The smallest absolute Gasteiger partial charge is 0.303 e. The molecule has 2 N–H and O–H groups in total. The van der Waals surface area contributed by atoms with Crippen molar-refractivity contribution in [1.82, 2.24) is 0 Å². The van der Waals surface area contributed by atoms with Crippen molar-refractivity contribution in [3.8, 4) is 0 Å². The maximum Gasteiger partial charge on any atom is 0.469 e. The van der Waals surface area contributed by atoms with Crippen molar-refractivity contribution in [3.05, 3.63) is 0 Å². The molecule has 0 spiro atoms. The van der Waals surface area contributed by atoms with E-state index in [2.05, 4.69) is 4.52 Å². The Bertz CT molecular complexity index is 299. The number of phosphoric acid groups is 1. The van der Waals surface area contributed by atoms with Gasteiger partial charge in [0.1, 0.15) is 6.10 Å². The standard InChI is InChI=1S/C6H9F6O4P/c1-2-3(16-17(13,14)15)4(7)5(8,9)6(10,11)12/h3-4H,2H2,1H3,(H2,13,14,15). The van der Waals surface area contributed by atoms with Crippen LogP contribution in [-0.2, 0) is 9.09 Å². The maximum atomic E-state index is 12.9.